The molecule has 4 heteroatoms. The van der Waals surface area contributed by atoms with Gasteiger partial charge in [0.1, 0.15) is 24.7 Å². The predicted octanol–water partition coefficient (Wildman–Crippen LogP) is 7.76. The van der Waals surface area contributed by atoms with Gasteiger partial charge in [0.25, 0.3) is 0 Å². The van der Waals surface area contributed by atoms with Gasteiger partial charge in [-0.25, -0.2) is 0 Å². The van der Waals surface area contributed by atoms with Crippen LogP contribution in [0.15, 0.2) is 36.4 Å². The van der Waals surface area contributed by atoms with Gasteiger partial charge in [0, 0.05) is 25.3 Å². The zero-order chi connectivity index (χ0) is 25.5. The number of methoxy groups -OCH3 is 2. The van der Waals surface area contributed by atoms with Crippen molar-refractivity contribution in [3.63, 3.8) is 0 Å². The van der Waals surface area contributed by atoms with E-state index in [0.717, 1.165) is 34.6 Å². The number of hydrogen-bond donors (Lipinski definition) is 0. The molecule has 0 saturated carbocycles. The van der Waals surface area contributed by atoms with Gasteiger partial charge >= 0.3 is 0 Å². The first-order valence-electron chi connectivity index (χ1n) is 12.6. The SMILES string of the molecule is CCC(CC(C)C)c1ccc(OCCOc2c(C(C)(C)OC)cc(C)cc2C(C)(C)OC)cc1. The highest BCUT2D eigenvalue weighted by molar-refractivity contribution is 5.49. The smallest absolute Gasteiger partial charge is 0.131 e. The quantitative estimate of drug-likeness (QED) is 0.280. The standard InChI is InChI=1S/C30H46O4/c1-11-23(18-21(2)3)24-12-14-25(15-13-24)33-16-17-34-28-26(29(5,6)31-9)19-22(4)20-27(28)30(7,8)32-10/h12-15,19-21,23H,11,16-18H2,1-10H3. The molecular formula is C30H46O4. The van der Waals surface area contributed by atoms with E-state index in [-0.39, 0.29) is 0 Å². The Morgan fingerprint density at radius 3 is 1.74 bits per heavy atom. The monoisotopic (exact) mass is 470 g/mol. The van der Waals surface area contributed by atoms with Crippen LogP contribution >= 0.6 is 0 Å². The average molecular weight is 471 g/mol. The van der Waals surface area contributed by atoms with E-state index < -0.39 is 11.2 Å². The zero-order valence-corrected chi connectivity index (χ0v) is 23.1. The van der Waals surface area contributed by atoms with Crippen molar-refractivity contribution >= 4 is 0 Å². The van der Waals surface area contributed by atoms with Crippen LogP contribution in [-0.2, 0) is 20.7 Å². The molecule has 0 aliphatic rings. The summed E-state index contributed by atoms with van der Waals surface area (Å²) in [5.41, 5.74) is 3.56. The summed E-state index contributed by atoms with van der Waals surface area (Å²) in [7, 11) is 3.45. The van der Waals surface area contributed by atoms with Crippen LogP contribution in [0.4, 0.5) is 0 Å². The molecule has 190 valence electrons. The van der Waals surface area contributed by atoms with Crippen molar-refractivity contribution in [2.24, 2.45) is 5.92 Å². The number of rotatable bonds is 13. The number of ether oxygens (including phenoxy) is 4. The van der Waals surface area contributed by atoms with Crippen LogP contribution in [0.3, 0.4) is 0 Å². The van der Waals surface area contributed by atoms with Gasteiger partial charge in [-0.1, -0.05) is 38.5 Å². The summed E-state index contributed by atoms with van der Waals surface area (Å²) >= 11 is 0. The summed E-state index contributed by atoms with van der Waals surface area (Å²) in [6, 6.07) is 12.8. The minimum absolute atomic E-state index is 0.426. The number of benzene rings is 2. The van der Waals surface area contributed by atoms with Crippen molar-refractivity contribution in [2.45, 2.75) is 85.4 Å². The third-order valence-electron chi connectivity index (χ3n) is 6.75. The van der Waals surface area contributed by atoms with Gasteiger partial charge in [0.2, 0.25) is 0 Å². The maximum absolute atomic E-state index is 6.36. The summed E-state index contributed by atoms with van der Waals surface area (Å²) in [6.07, 6.45) is 2.37. The van der Waals surface area contributed by atoms with Crippen molar-refractivity contribution in [1.82, 2.24) is 0 Å². The molecule has 0 fully saturated rings. The highest BCUT2D eigenvalue weighted by Crippen LogP contribution is 2.41. The summed E-state index contributed by atoms with van der Waals surface area (Å²) < 4.78 is 24.0. The zero-order valence-electron chi connectivity index (χ0n) is 23.1. The Morgan fingerprint density at radius 2 is 1.29 bits per heavy atom. The minimum Gasteiger partial charge on any atom is -0.490 e. The van der Waals surface area contributed by atoms with E-state index >= 15 is 0 Å². The first-order valence-corrected chi connectivity index (χ1v) is 12.6. The van der Waals surface area contributed by atoms with Gasteiger partial charge in [-0.15, -0.1) is 0 Å². The third-order valence-corrected chi connectivity index (χ3v) is 6.75. The molecule has 0 aliphatic heterocycles. The Morgan fingerprint density at radius 1 is 0.794 bits per heavy atom. The Balaban J connectivity index is 2.15. The van der Waals surface area contributed by atoms with Crippen molar-refractivity contribution in [2.75, 3.05) is 27.4 Å². The largest absolute Gasteiger partial charge is 0.490 e. The molecule has 4 nitrogen and oxygen atoms in total. The van der Waals surface area contributed by atoms with E-state index in [1.165, 1.54) is 12.0 Å². The van der Waals surface area contributed by atoms with E-state index in [2.05, 4.69) is 91.8 Å². The molecule has 2 aromatic rings. The highest BCUT2D eigenvalue weighted by Gasteiger charge is 2.32. The van der Waals surface area contributed by atoms with Crippen LogP contribution in [0.1, 0.15) is 89.5 Å². The highest BCUT2D eigenvalue weighted by atomic mass is 16.5. The van der Waals surface area contributed by atoms with Crippen molar-refractivity contribution in [3.05, 3.63) is 58.7 Å². The Labute approximate surface area is 208 Å². The van der Waals surface area contributed by atoms with E-state index in [1.807, 2.05) is 0 Å². The lowest BCUT2D eigenvalue weighted by atomic mass is 9.87. The number of hydrogen-bond acceptors (Lipinski definition) is 4. The second-order valence-corrected chi connectivity index (χ2v) is 10.6. The summed E-state index contributed by atoms with van der Waals surface area (Å²) in [5, 5.41) is 0. The van der Waals surface area contributed by atoms with Gasteiger partial charge in [-0.05, 0) is 89.1 Å². The molecule has 0 amide bonds. The first-order chi connectivity index (χ1) is 15.9. The van der Waals surface area contributed by atoms with Crippen LogP contribution in [0, 0.1) is 12.8 Å². The Bertz CT molecular complexity index is 860. The van der Waals surface area contributed by atoms with Crippen LogP contribution in [0.25, 0.3) is 0 Å². The molecule has 0 N–H and O–H groups in total. The molecule has 0 bridgehead atoms. The lowest BCUT2D eigenvalue weighted by molar-refractivity contribution is 0.00822. The molecule has 0 spiro atoms. The van der Waals surface area contributed by atoms with Gasteiger partial charge < -0.3 is 18.9 Å². The molecule has 0 aliphatic carbocycles. The van der Waals surface area contributed by atoms with Crippen molar-refractivity contribution < 1.29 is 18.9 Å². The normalized spacial score (nSPS) is 13.3. The average Bonchev–Trinajstić information content (AvgIpc) is 2.80. The lowest BCUT2D eigenvalue weighted by Crippen LogP contribution is -2.27. The second-order valence-electron chi connectivity index (χ2n) is 10.6. The Kier molecular flexibility index (Phi) is 10.0. The molecule has 0 radical (unpaired) electrons. The molecule has 1 atom stereocenters. The van der Waals surface area contributed by atoms with E-state index in [4.69, 9.17) is 18.9 Å². The fourth-order valence-electron chi connectivity index (χ4n) is 4.29. The van der Waals surface area contributed by atoms with Gasteiger partial charge in [-0.3, -0.25) is 0 Å². The predicted molar refractivity (Wildman–Crippen MR) is 141 cm³/mol. The van der Waals surface area contributed by atoms with Crippen molar-refractivity contribution in [3.8, 4) is 11.5 Å². The topological polar surface area (TPSA) is 36.9 Å². The van der Waals surface area contributed by atoms with Gasteiger partial charge in [-0.2, -0.15) is 0 Å². The molecule has 0 aromatic heterocycles. The fraction of sp³-hybridized carbons (Fsp3) is 0.600. The van der Waals surface area contributed by atoms with Gasteiger partial charge in [0.15, 0.2) is 0 Å². The summed E-state index contributed by atoms with van der Waals surface area (Å²) in [6.45, 7) is 18.0. The van der Waals surface area contributed by atoms with Crippen LogP contribution in [0.2, 0.25) is 0 Å². The van der Waals surface area contributed by atoms with Crippen LogP contribution < -0.4 is 9.47 Å². The van der Waals surface area contributed by atoms with E-state index in [0.29, 0.717) is 25.0 Å². The molecule has 1 unspecified atom stereocenters. The molecule has 0 heterocycles. The van der Waals surface area contributed by atoms with Crippen LogP contribution in [-0.4, -0.2) is 27.4 Å². The maximum atomic E-state index is 6.36. The molecule has 0 saturated heterocycles. The number of aryl methyl sites for hydroxylation is 1. The second kappa shape index (κ2) is 12.1. The Hall–Kier alpha value is -2.04. The lowest BCUT2D eigenvalue weighted by Gasteiger charge is -2.32. The maximum Gasteiger partial charge on any atom is 0.131 e. The summed E-state index contributed by atoms with van der Waals surface area (Å²) in [5.74, 6) is 2.97. The van der Waals surface area contributed by atoms with E-state index in [9.17, 15) is 0 Å². The molecule has 2 aromatic carbocycles. The molecule has 2 rings (SSSR count). The fourth-order valence-corrected chi connectivity index (χ4v) is 4.29. The molecular weight excluding hydrogens is 424 g/mol. The van der Waals surface area contributed by atoms with Crippen molar-refractivity contribution in [1.29, 1.82) is 0 Å². The first kappa shape index (κ1) is 28.2. The minimum atomic E-state index is -0.498. The van der Waals surface area contributed by atoms with E-state index in [1.54, 1.807) is 14.2 Å². The summed E-state index contributed by atoms with van der Waals surface area (Å²) in [4.78, 5) is 0. The van der Waals surface area contributed by atoms with Gasteiger partial charge in [0.05, 0.1) is 11.2 Å². The third kappa shape index (κ3) is 7.23. The molecule has 34 heavy (non-hydrogen) atoms. The van der Waals surface area contributed by atoms with Crippen LogP contribution in [0.5, 0.6) is 11.5 Å².